The molecule has 0 amide bonds. The van der Waals surface area contributed by atoms with Crippen LogP contribution in [0, 0.1) is 11.3 Å². The van der Waals surface area contributed by atoms with Crippen molar-refractivity contribution >= 4 is 11.9 Å². The molecule has 0 saturated heterocycles. The predicted molar refractivity (Wildman–Crippen MR) is 90.5 cm³/mol. The molecule has 0 aliphatic heterocycles. The Morgan fingerprint density at radius 1 is 0.846 bits per heavy atom. The number of carboxylic acids is 2. The van der Waals surface area contributed by atoms with Gasteiger partial charge in [-0.15, -0.1) is 0 Å². The molecule has 0 heterocycles. The minimum Gasteiger partial charge on any atom is -0.481 e. The fourth-order valence-corrected chi connectivity index (χ4v) is 1.99. The number of hydrogen-bond acceptors (Lipinski definition) is 8. The molecule has 0 bridgehead atoms. The molecule has 0 aliphatic carbocycles. The summed E-state index contributed by atoms with van der Waals surface area (Å²) in [6.45, 7) is -0.592. The van der Waals surface area contributed by atoms with Crippen molar-refractivity contribution < 1.29 is 50.1 Å². The van der Waals surface area contributed by atoms with Gasteiger partial charge in [0.15, 0.2) is 0 Å². The maximum absolute atomic E-state index is 11.0. The van der Waals surface area contributed by atoms with Crippen LogP contribution in [-0.4, -0.2) is 93.9 Å². The number of rotatable bonds is 15. The number of carbonyl (C=O) groups is 2. The van der Waals surface area contributed by atoms with E-state index in [1.807, 2.05) is 0 Å². The van der Waals surface area contributed by atoms with Gasteiger partial charge in [-0.1, -0.05) is 0 Å². The van der Waals surface area contributed by atoms with E-state index in [9.17, 15) is 9.59 Å². The van der Waals surface area contributed by atoms with E-state index in [0.717, 1.165) is 0 Å². The molecule has 0 aromatic heterocycles. The van der Waals surface area contributed by atoms with Gasteiger partial charge in [0.05, 0.1) is 52.2 Å². The summed E-state index contributed by atoms with van der Waals surface area (Å²) in [5, 5.41) is 61.1. The molecule has 0 spiro atoms. The van der Waals surface area contributed by atoms with Crippen molar-refractivity contribution in [2.45, 2.75) is 32.1 Å². The van der Waals surface area contributed by atoms with E-state index in [2.05, 4.69) is 4.74 Å². The summed E-state index contributed by atoms with van der Waals surface area (Å²) in [6.07, 6.45) is 0.739. The van der Waals surface area contributed by atoms with Crippen molar-refractivity contribution in [3.63, 3.8) is 0 Å². The second-order valence-electron chi connectivity index (χ2n) is 5.89. The number of carboxylic acid groups (broad SMARTS) is 2. The van der Waals surface area contributed by atoms with Crippen molar-refractivity contribution in [2.75, 3.05) is 46.2 Å². The standard InChI is InChI=1S/C12H22O7.C4H10O3/c13-6-12(7-14,8-15)5-4-9(11(18)19)2-1-3-10(16)17;5-1-3-7-4-2-6/h9,13-15H,1-8H2,(H,16,17)(H,18,19);5-6H,1-4H2. The second-order valence-corrected chi connectivity index (χ2v) is 5.89. The summed E-state index contributed by atoms with van der Waals surface area (Å²) in [7, 11) is 0. The summed E-state index contributed by atoms with van der Waals surface area (Å²) in [4.78, 5) is 21.4. The Labute approximate surface area is 152 Å². The Morgan fingerprint density at radius 2 is 1.35 bits per heavy atom. The lowest BCUT2D eigenvalue weighted by atomic mass is 9.82. The molecule has 0 saturated carbocycles. The van der Waals surface area contributed by atoms with Gasteiger partial charge in [0.25, 0.3) is 0 Å². The molecule has 0 aromatic rings. The number of ether oxygens (including phenoxy) is 1. The summed E-state index contributed by atoms with van der Waals surface area (Å²) in [5.74, 6) is -2.74. The lowest BCUT2D eigenvalue weighted by Crippen LogP contribution is -2.35. The highest BCUT2D eigenvalue weighted by Crippen LogP contribution is 2.26. The van der Waals surface area contributed by atoms with Gasteiger partial charge in [-0.3, -0.25) is 9.59 Å². The number of aliphatic hydroxyl groups is 5. The van der Waals surface area contributed by atoms with Gasteiger partial charge in [-0.05, 0) is 25.7 Å². The van der Waals surface area contributed by atoms with Crippen molar-refractivity contribution in [2.24, 2.45) is 11.3 Å². The summed E-state index contributed by atoms with van der Waals surface area (Å²) >= 11 is 0. The molecule has 7 N–H and O–H groups in total. The van der Waals surface area contributed by atoms with Gasteiger partial charge in [0.1, 0.15) is 0 Å². The molecule has 0 aromatic carbocycles. The molecule has 0 aliphatic rings. The fraction of sp³-hybridized carbons (Fsp3) is 0.875. The van der Waals surface area contributed by atoms with Gasteiger partial charge in [0.2, 0.25) is 0 Å². The molecule has 1 unspecified atom stereocenters. The van der Waals surface area contributed by atoms with Crippen molar-refractivity contribution in [3.8, 4) is 0 Å². The number of aliphatic carboxylic acids is 2. The smallest absolute Gasteiger partial charge is 0.306 e. The molecule has 0 radical (unpaired) electrons. The normalized spacial score (nSPS) is 12.2. The van der Waals surface area contributed by atoms with Crippen LogP contribution in [0.15, 0.2) is 0 Å². The zero-order chi connectivity index (χ0) is 20.4. The van der Waals surface area contributed by atoms with Crippen molar-refractivity contribution in [1.82, 2.24) is 0 Å². The molecule has 10 nitrogen and oxygen atoms in total. The zero-order valence-corrected chi connectivity index (χ0v) is 14.9. The maximum atomic E-state index is 11.0. The topological polar surface area (TPSA) is 185 Å². The van der Waals surface area contributed by atoms with Gasteiger partial charge in [0, 0.05) is 11.8 Å². The molecular weight excluding hydrogens is 352 g/mol. The number of hydrogen-bond donors (Lipinski definition) is 7. The van der Waals surface area contributed by atoms with Crippen LogP contribution < -0.4 is 0 Å². The van der Waals surface area contributed by atoms with Gasteiger partial charge in [-0.25, -0.2) is 0 Å². The van der Waals surface area contributed by atoms with Crippen LogP contribution in [0.25, 0.3) is 0 Å². The van der Waals surface area contributed by atoms with Gasteiger partial charge >= 0.3 is 11.9 Å². The minimum atomic E-state index is -1.08. The van der Waals surface area contributed by atoms with E-state index in [1.54, 1.807) is 0 Å². The molecule has 0 fully saturated rings. The Balaban J connectivity index is 0. The monoisotopic (exact) mass is 384 g/mol. The van der Waals surface area contributed by atoms with Crippen LogP contribution in [0.5, 0.6) is 0 Å². The molecule has 26 heavy (non-hydrogen) atoms. The molecule has 156 valence electrons. The van der Waals surface area contributed by atoms with E-state index in [-0.39, 0.29) is 45.3 Å². The fourth-order valence-electron chi connectivity index (χ4n) is 1.99. The molecule has 10 heteroatoms. The van der Waals surface area contributed by atoms with E-state index >= 15 is 0 Å². The lowest BCUT2D eigenvalue weighted by Gasteiger charge is -2.28. The highest BCUT2D eigenvalue weighted by molar-refractivity contribution is 5.70. The minimum absolute atomic E-state index is 0.0278. The Hall–Kier alpha value is -1.30. The Kier molecular flexibility index (Phi) is 17.7. The average molecular weight is 384 g/mol. The van der Waals surface area contributed by atoms with Crippen LogP contribution in [0.1, 0.15) is 32.1 Å². The van der Waals surface area contributed by atoms with Gasteiger partial charge in [-0.2, -0.15) is 0 Å². The van der Waals surface area contributed by atoms with Crippen molar-refractivity contribution in [3.05, 3.63) is 0 Å². The summed E-state index contributed by atoms with van der Waals surface area (Å²) < 4.78 is 4.63. The van der Waals surface area contributed by atoms with Crippen LogP contribution in [0.4, 0.5) is 0 Å². The highest BCUT2D eigenvalue weighted by Gasteiger charge is 2.30. The van der Waals surface area contributed by atoms with Crippen LogP contribution in [0.2, 0.25) is 0 Å². The molecule has 0 rings (SSSR count). The first kappa shape index (κ1) is 26.9. The highest BCUT2D eigenvalue weighted by atomic mass is 16.5. The first-order valence-corrected chi connectivity index (χ1v) is 8.39. The largest absolute Gasteiger partial charge is 0.481 e. The predicted octanol–water partition coefficient (Wildman–Crippen LogP) is -1.33. The van der Waals surface area contributed by atoms with E-state index in [4.69, 9.17) is 35.7 Å². The van der Waals surface area contributed by atoms with Crippen LogP contribution in [0.3, 0.4) is 0 Å². The summed E-state index contributed by atoms with van der Waals surface area (Å²) in [6, 6.07) is 0. The first-order chi connectivity index (χ1) is 12.3. The average Bonchev–Trinajstić information content (AvgIpc) is 2.62. The molecular formula is C16H32O10. The third-order valence-corrected chi connectivity index (χ3v) is 3.79. The van der Waals surface area contributed by atoms with E-state index < -0.39 is 43.1 Å². The second kappa shape index (κ2) is 17.1. The van der Waals surface area contributed by atoms with E-state index in [1.165, 1.54) is 0 Å². The zero-order valence-electron chi connectivity index (χ0n) is 14.9. The quantitative estimate of drug-likeness (QED) is 0.167. The van der Waals surface area contributed by atoms with Gasteiger partial charge < -0.3 is 40.5 Å². The lowest BCUT2D eigenvalue weighted by molar-refractivity contribution is -0.143. The Bertz CT molecular complexity index is 345. The van der Waals surface area contributed by atoms with E-state index in [0.29, 0.717) is 13.2 Å². The third-order valence-electron chi connectivity index (χ3n) is 3.79. The third kappa shape index (κ3) is 13.9. The summed E-state index contributed by atoms with van der Waals surface area (Å²) in [5.41, 5.74) is -1.08. The van der Waals surface area contributed by atoms with Crippen LogP contribution >= 0.6 is 0 Å². The molecule has 1 atom stereocenters. The number of aliphatic hydroxyl groups excluding tert-OH is 5. The Morgan fingerprint density at radius 3 is 1.69 bits per heavy atom. The van der Waals surface area contributed by atoms with Crippen molar-refractivity contribution in [1.29, 1.82) is 0 Å². The SMILES string of the molecule is O=C(O)CCCC(CCC(CO)(CO)CO)C(=O)O.OCCOCCO. The maximum Gasteiger partial charge on any atom is 0.306 e. The first-order valence-electron chi connectivity index (χ1n) is 8.39. The van der Waals surface area contributed by atoms with Crippen LogP contribution in [-0.2, 0) is 14.3 Å².